The third kappa shape index (κ3) is 5.04. The van der Waals surface area contributed by atoms with Crippen LogP contribution in [-0.2, 0) is 39.3 Å². The van der Waals surface area contributed by atoms with Crippen LogP contribution in [0.2, 0.25) is 0 Å². The molecule has 5 heteroatoms. The molecule has 0 amide bonds. The average molecular weight is 506 g/mol. The summed E-state index contributed by atoms with van der Waals surface area (Å²) in [6.45, 7) is 0. The smallest absolute Gasteiger partial charge is 0.372 e. The highest BCUT2D eigenvalue weighted by Crippen LogP contribution is 2.49. The fourth-order valence-corrected chi connectivity index (χ4v) is 5.97. The molecule has 0 fully saturated rings. The molecule has 0 N–H and O–H groups in total. The van der Waals surface area contributed by atoms with Crippen molar-refractivity contribution in [2.24, 2.45) is 0 Å². The van der Waals surface area contributed by atoms with Crippen molar-refractivity contribution in [1.82, 2.24) is 0 Å². The summed E-state index contributed by atoms with van der Waals surface area (Å²) in [6.07, 6.45) is 6.91. The first-order valence-electron chi connectivity index (χ1n) is 12.5. The van der Waals surface area contributed by atoms with Gasteiger partial charge in [0.2, 0.25) is 0 Å². The lowest BCUT2D eigenvalue weighted by molar-refractivity contribution is -0.213. The van der Waals surface area contributed by atoms with Gasteiger partial charge in [-0.05, 0) is 71.2 Å². The standard InChI is InChI=1S/C32H27O4P/c33-37(34,35-31-21-27-13-3-1-9-23(27)17-19-25-11-5-7-15-29(25)31)36-32-22-28-14-4-2-10-24(28)18-20-26-12-6-8-16-30(26)32/h1-16,21-22H,17-20H2,(H,33,34)/p-1/b31-21+,32-22+. The SMILES string of the molecule is O=P([O-])(O/C1=C/c2ccccc2CCc2ccccc21)O/C1=C/c2ccccc2CCc2ccccc21. The van der Waals surface area contributed by atoms with Crippen LogP contribution in [0.3, 0.4) is 0 Å². The van der Waals surface area contributed by atoms with Crippen LogP contribution in [0.5, 0.6) is 0 Å². The van der Waals surface area contributed by atoms with Gasteiger partial charge in [0, 0.05) is 11.1 Å². The maximum absolute atomic E-state index is 13.5. The molecule has 0 saturated carbocycles. The van der Waals surface area contributed by atoms with Crippen LogP contribution in [0.1, 0.15) is 44.5 Å². The number of fused-ring (bicyclic) bond motifs is 4. The molecule has 0 heterocycles. The van der Waals surface area contributed by atoms with E-state index in [0.29, 0.717) is 0 Å². The molecule has 0 unspecified atom stereocenters. The Morgan fingerprint density at radius 1 is 0.514 bits per heavy atom. The van der Waals surface area contributed by atoms with Crippen molar-refractivity contribution in [3.05, 3.63) is 142 Å². The first-order chi connectivity index (χ1) is 18.1. The van der Waals surface area contributed by atoms with Gasteiger partial charge >= 0.3 is 7.82 Å². The largest absolute Gasteiger partial charge is 0.736 e. The van der Waals surface area contributed by atoms with E-state index in [1.165, 1.54) is 0 Å². The van der Waals surface area contributed by atoms with Gasteiger partial charge in [0.15, 0.2) is 0 Å². The molecule has 0 spiro atoms. The van der Waals surface area contributed by atoms with E-state index < -0.39 is 7.82 Å². The summed E-state index contributed by atoms with van der Waals surface area (Å²) >= 11 is 0. The number of phosphoric acid groups is 1. The Hall–Kier alpha value is -3.85. The average Bonchev–Trinajstić information content (AvgIpc) is 2.89. The van der Waals surface area contributed by atoms with Crippen molar-refractivity contribution in [2.75, 3.05) is 0 Å². The van der Waals surface area contributed by atoms with Gasteiger partial charge in [-0.2, -0.15) is 0 Å². The fraction of sp³-hybridized carbons (Fsp3) is 0.125. The Kier molecular flexibility index (Phi) is 6.30. The maximum atomic E-state index is 13.5. The van der Waals surface area contributed by atoms with E-state index in [4.69, 9.17) is 9.05 Å². The molecule has 0 bridgehead atoms. The Morgan fingerprint density at radius 2 is 0.865 bits per heavy atom. The Bertz CT molecular complexity index is 1470. The van der Waals surface area contributed by atoms with Gasteiger partial charge in [-0.15, -0.1) is 0 Å². The Morgan fingerprint density at radius 3 is 1.32 bits per heavy atom. The van der Waals surface area contributed by atoms with Crippen LogP contribution < -0.4 is 4.89 Å². The summed E-state index contributed by atoms with van der Waals surface area (Å²) in [5.41, 5.74) is 7.76. The van der Waals surface area contributed by atoms with Gasteiger partial charge in [0.1, 0.15) is 11.5 Å². The van der Waals surface area contributed by atoms with Crippen LogP contribution in [0.25, 0.3) is 23.7 Å². The highest BCUT2D eigenvalue weighted by molar-refractivity contribution is 7.46. The zero-order valence-electron chi connectivity index (χ0n) is 20.3. The van der Waals surface area contributed by atoms with E-state index in [0.717, 1.165) is 70.2 Å². The third-order valence-corrected chi connectivity index (χ3v) is 7.84. The lowest BCUT2D eigenvalue weighted by Crippen LogP contribution is -2.11. The van der Waals surface area contributed by atoms with Crippen LogP contribution in [0.4, 0.5) is 0 Å². The van der Waals surface area contributed by atoms with Crippen LogP contribution in [0.15, 0.2) is 97.1 Å². The summed E-state index contributed by atoms with van der Waals surface area (Å²) < 4.78 is 25.1. The van der Waals surface area contributed by atoms with Crippen LogP contribution in [0, 0.1) is 0 Å². The highest BCUT2D eigenvalue weighted by atomic mass is 31.2. The predicted molar refractivity (Wildman–Crippen MR) is 146 cm³/mol. The Labute approximate surface area is 217 Å². The molecule has 184 valence electrons. The third-order valence-electron chi connectivity index (χ3n) is 7.00. The van der Waals surface area contributed by atoms with Gasteiger partial charge < -0.3 is 13.9 Å². The molecule has 2 aliphatic rings. The Balaban J connectivity index is 1.41. The van der Waals surface area contributed by atoms with Crippen LogP contribution in [-0.4, -0.2) is 0 Å². The first-order valence-corrected chi connectivity index (χ1v) is 14.0. The second kappa shape index (κ2) is 9.89. The van der Waals surface area contributed by atoms with Crippen LogP contribution >= 0.6 is 7.82 Å². The van der Waals surface area contributed by atoms with Crippen molar-refractivity contribution in [3.8, 4) is 0 Å². The van der Waals surface area contributed by atoms with Gasteiger partial charge in [0.25, 0.3) is 0 Å². The lowest BCUT2D eigenvalue weighted by atomic mass is 9.92. The second-order valence-electron chi connectivity index (χ2n) is 9.36. The van der Waals surface area contributed by atoms with E-state index in [9.17, 15) is 9.46 Å². The molecule has 0 saturated heterocycles. The first kappa shape index (κ1) is 23.5. The highest BCUT2D eigenvalue weighted by Gasteiger charge is 2.24. The topological polar surface area (TPSA) is 58.6 Å². The maximum Gasteiger partial charge on any atom is 0.372 e. The molecular formula is C32H26O4P-. The summed E-state index contributed by atoms with van der Waals surface area (Å²) in [5, 5.41) is 0. The quantitative estimate of drug-likeness (QED) is 0.278. The van der Waals surface area contributed by atoms with E-state index >= 15 is 0 Å². The number of benzene rings is 4. The predicted octanol–water partition coefficient (Wildman–Crippen LogP) is 7.08. The van der Waals surface area contributed by atoms with Crippen molar-refractivity contribution in [1.29, 1.82) is 0 Å². The number of aryl methyl sites for hydroxylation is 4. The molecule has 4 aromatic carbocycles. The molecule has 0 atom stereocenters. The zero-order valence-corrected chi connectivity index (χ0v) is 21.2. The minimum absolute atomic E-state index is 0.265. The van der Waals surface area contributed by atoms with Gasteiger partial charge in [-0.3, -0.25) is 0 Å². The zero-order chi connectivity index (χ0) is 25.2. The molecule has 4 aromatic rings. The van der Waals surface area contributed by atoms with E-state index in [1.807, 2.05) is 84.9 Å². The molecule has 4 nitrogen and oxygen atoms in total. The van der Waals surface area contributed by atoms with E-state index in [-0.39, 0.29) is 11.5 Å². The minimum atomic E-state index is -4.82. The molecule has 0 radical (unpaired) electrons. The molecule has 0 aromatic heterocycles. The molecule has 2 aliphatic carbocycles. The molecular weight excluding hydrogens is 479 g/mol. The van der Waals surface area contributed by atoms with Gasteiger partial charge in [-0.25, -0.2) is 4.57 Å². The fourth-order valence-electron chi connectivity index (χ4n) is 5.15. The minimum Gasteiger partial charge on any atom is -0.736 e. The van der Waals surface area contributed by atoms with Crippen molar-refractivity contribution < 1.29 is 18.5 Å². The lowest BCUT2D eigenvalue weighted by Gasteiger charge is -2.29. The number of hydrogen-bond donors (Lipinski definition) is 0. The number of phosphoric ester groups is 1. The second-order valence-corrected chi connectivity index (χ2v) is 10.6. The van der Waals surface area contributed by atoms with Crippen molar-refractivity contribution >= 4 is 31.5 Å². The summed E-state index contributed by atoms with van der Waals surface area (Å²) in [4.78, 5) is 13.5. The van der Waals surface area contributed by atoms with Crippen molar-refractivity contribution in [3.63, 3.8) is 0 Å². The van der Waals surface area contributed by atoms with Gasteiger partial charge in [-0.1, -0.05) is 97.1 Å². The van der Waals surface area contributed by atoms with E-state index in [1.54, 1.807) is 12.2 Å². The monoisotopic (exact) mass is 505 g/mol. The van der Waals surface area contributed by atoms with Gasteiger partial charge in [0.05, 0.1) is 0 Å². The molecule has 6 rings (SSSR count). The number of rotatable bonds is 4. The molecule has 0 aliphatic heterocycles. The van der Waals surface area contributed by atoms with Crippen molar-refractivity contribution in [2.45, 2.75) is 25.7 Å². The van der Waals surface area contributed by atoms with E-state index in [2.05, 4.69) is 12.1 Å². The summed E-state index contributed by atoms with van der Waals surface area (Å²) in [7, 11) is -4.82. The summed E-state index contributed by atoms with van der Waals surface area (Å²) in [6, 6.07) is 31.5. The molecule has 37 heavy (non-hydrogen) atoms. The number of hydrogen-bond acceptors (Lipinski definition) is 4. The summed E-state index contributed by atoms with van der Waals surface area (Å²) in [5.74, 6) is 0.530. The normalized spacial score (nSPS) is 17.4.